The summed E-state index contributed by atoms with van der Waals surface area (Å²) in [6.07, 6.45) is 3.20. The van der Waals surface area contributed by atoms with E-state index in [0.29, 0.717) is 17.4 Å². The number of rotatable bonds is 7. The number of anilines is 1. The molecule has 1 saturated heterocycles. The van der Waals surface area contributed by atoms with Crippen molar-refractivity contribution in [2.24, 2.45) is 10.2 Å². The Morgan fingerprint density at radius 1 is 1.03 bits per heavy atom. The maximum absolute atomic E-state index is 13.9. The summed E-state index contributed by atoms with van der Waals surface area (Å²) in [5.74, 6) is -1.70. The molecule has 0 saturated carbocycles. The molecule has 0 amide bonds. The van der Waals surface area contributed by atoms with Crippen molar-refractivity contribution in [2.75, 3.05) is 10.8 Å². The van der Waals surface area contributed by atoms with E-state index >= 15 is 0 Å². The van der Waals surface area contributed by atoms with Crippen molar-refractivity contribution in [3.63, 3.8) is 0 Å². The highest BCUT2D eigenvalue weighted by Gasteiger charge is 2.28. The van der Waals surface area contributed by atoms with E-state index in [2.05, 4.69) is 34.1 Å². The Labute approximate surface area is 222 Å². The first-order valence-electron chi connectivity index (χ1n) is 12.0. The SMILES string of the molecule is CC(C)c1ccc(F)cc1N1CS/C1=N\N=C\c1ccc(-c2ncn(-c3ccc(C(C)(F)F)cc3)n2)cc1. The quantitative estimate of drug-likeness (QED) is 0.186. The fourth-order valence-electron chi connectivity index (χ4n) is 3.97. The third-order valence-corrected chi connectivity index (χ3v) is 7.06. The van der Waals surface area contributed by atoms with E-state index in [-0.39, 0.29) is 17.3 Å². The van der Waals surface area contributed by atoms with Crippen LogP contribution in [-0.2, 0) is 5.92 Å². The van der Waals surface area contributed by atoms with Crippen molar-refractivity contribution in [1.82, 2.24) is 14.8 Å². The van der Waals surface area contributed by atoms with Gasteiger partial charge in [0.25, 0.3) is 5.92 Å². The van der Waals surface area contributed by atoms with Crippen LogP contribution < -0.4 is 4.90 Å². The normalized spacial score (nSPS) is 15.0. The summed E-state index contributed by atoms with van der Waals surface area (Å²) < 4.78 is 42.4. The maximum Gasteiger partial charge on any atom is 0.270 e. The standard InChI is InChI=1S/C28H25F3N6S/c1-18(2)24-13-10-22(29)14-25(24)36-17-38-27(36)34-33-15-19-4-6-20(7-5-19)26-32-16-37(35-26)23-11-8-21(9-12-23)28(3,30)31/h4-16,18H,17H2,1-3H3/b33-15+,34-27-. The third-order valence-electron chi connectivity index (χ3n) is 6.11. The second-order valence-electron chi connectivity index (χ2n) is 9.26. The van der Waals surface area contributed by atoms with Crippen LogP contribution in [0.5, 0.6) is 0 Å². The van der Waals surface area contributed by atoms with Gasteiger partial charge >= 0.3 is 0 Å². The molecule has 3 aromatic carbocycles. The van der Waals surface area contributed by atoms with Gasteiger partial charge in [-0.1, -0.05) is 68.1 Å². The number of hydrogen-bond acceptors (Lipinski definition) is 5. The van der Waals surface area contributed by atoms with Crippen LogP contribution in [0.1, 0.15) is 43.4 Å². The largest absolute Gasteiger partial charge is 0.309 e. The van der Waals surface area contributed by atoms with Gasteiger partial charge in [0.05, 0.1) is 23.5 Å². The highest BCUT2D eigenvalue weighted by molar-refractivity contribution is 8.16. The highest BCUT2D eigenvalue weighted by Crippen LogP contribution is 2.36. The zero-order chi connectivity index (χ0) is 26.9. The lowest BCUT2D eigenvalue weighted by Gasteiger charge is -2.35. The Hall–Kier alpha value is -3.92. The smallest absolute Gasteiger partial charge is 0.270 e. The fourth-order valence-corrected chi connectivity index (χ4v) is 4.69. The van der Waals surface area contributed by atoms with E-state index in [9.17, 15) is 13.2 Å². The van der Waals surface area contributed by atoms with Crippen molar-refractivity contribution in [2.45, 2.75) is 32.6 Å². The summed E-state index contributed by atoms with van der Waals surface area (Å²) in [5, 5.41) is 13.7. The van der Waals surface area contributed by atoms with E-state index in [1.54, 1.807) is 47.2 Å². The molecule has 6 nitrogen and oxygen atoms in total. The Kier molecular flexibility index (Phi) is 7.07. The number of halogens is 3. The molecule has 2 heterocycles. The lowest BCUT2D eigenvalue weighted by molar-refractivity contribution is 0.0175. The van der Waals surface area contributed by atoms with Gasteiger partial charge in [-0.2, -0.15) is 5.10 Å². The number of aromatic nitrogens is 3. The second kappa shape index (κ2) is 10.4. The van der Waals surface area contributed by atoms with Crippen molar-refractivity contribution in [1.29, 1.82) is 0 Å². The number of benzene rings is 3. The minimum Gasteiger partial charge on any atom is -0.309 e. The minimum absolute atomic E-state index is 0.0538. The molecule has 0 radical (unpaired) electrons. The van der Waals surface area contributed by atoms with Gasteiger partial charge in [-0.05, 0) is 41.3 Å². The molecule has 0 N–H and O–H groups in total. The van der Waals surface area contributed by atoms with Crippen LogP contribution in [0.4, 0.5) is 18.9 Å². The van der Waals surface area contributed by atoms with Crippen molar-refractivity contribution in [3.05, 3.63) is 95.6 Å². The van der Waals surface area contributed by atoms with E-state index in [4.69, 9.17) is 0 Å². The molecule has 0 bridgehead atoms. The summed E-state index contributed by atoms with van der Waals surface area (Å²) in [7, 11) is 0. The van der Waals surface area contributed by atoms with Gasteiger partial charge < -0.3 is 4.90 Å². The molecule has 38 heavy (non-hydrogen) atoms. The summed E-state index contributed by atoms with van der Waals surface area (Å²) in [6, 6.07) is 18.3. The molecular formula is C28H25F3N6S. The molecule has 5 rings (SSSR count). The van der Waals surface area contributed by atoms with Crippen LogP contribution in [0.25, 0.3) is 17.1 Å². The highest BCUT2D eigenvalue weighted by atomic mass is 32.2. The number of alkyl halides is 2. The topological polar surface area (TPSA) is 58.7 Å². The van der Waals surface area contributed by atoms with Crippen LogP contribution >= 0.6 is 11.8 Å². The van der Waals surface area contributed by atoms with Crippen molar-refractivity contribution < 1.29 is 13.2 Å². The maximum atomic E-state index is 13.9. The van der Waals surface area contributed by atoms with E-state index in [1.165, 1.54) is 18.2 Å². The molecule has 4 aromatic rings. The van der Waals surface area contributed by atoms with Gasteiger partial charge in [0.2, 0.25) is 0 Å². The van der Waals surface area contributed by atoms with Gasteiger partial charge in [-0.3, -0.25) is 0 Å². The second-order valence-corrected chi connectivity index (χ2v) is 10.2. The van der Waals surface area contributed by atoms with Gasteiger partial charge in [0.15, 0.2) is 11.0 Å². The average molecular weight is 535 g/mol. The summed E-state index contributed by atoms with van der Waals surface area (Å²) in [6.45, 7) is 5.03. The molecule has 1 fully saturated rings. The van der Waals surface area contributed by atoms with Gasteiger partial charge in [0, 0.05) is 18.1 Å². The van der Waals surface area contributed by atoms with Crippen molar-refractivity contribution in [3.8, 4) is 17.1 Å². The molecule has 1 aromatic heterocycles. The Bertz CT molecular complexity index is 1490. The Balaban J connectivity index is 1.26. The Morgan fingerprint density at radius 2 is 1.76 bits per heavy atom. The molecule has 1 aliphatic heterocycles. The first kappa shape index (κ1) is 25.7. The summed E-state index contributed by atoms with van der Waals surface area (Å²) in [5.41, 5.74) is 4.12. The number of nitrogens with zero attached hydrogens (tertiary/aromatic N) is 6. The summed E-state index contributed by atoms with van der Waals surface area (Å²) in [4.78, 5) is 6.31. The first-order valence-corrected chi connectivity index (χ1v) is 13.0. The van der Waals surface area contributed by atoms with Crippen molar-refractivity contribution >= 4 is 28.8 Å². The molecule has 0 atom stereocenters. The van der Waals surface area contributed by atoms with E-state index in [0.717, 1.165) is 34.5 Å². The number of hydrogen-bond donors (Lipinski definition) is 0. The fraction of sp³-hybridized carbons (Fsp3) is 0.214. The molecular weight excluding hydrogens is 509 g/mol. The summed E-state index contributed by atoms with van der Waals surface area (Å²) >= 11 is 1.56. The van der Waals surface area contributed by atoms with Crippen LogP contribution in [0, 0.1) is 5.82 Å². The third kappa shape index (κ3) is 5.50. The van der Waals surface area contributed by atoms with Crippen LogP contribution in [0.3, 0.4) is 0 Å². The number of amidine groups is 1. The van der Waals surface area contributed by atoms with Crippen LogP contribution in [0.2, 0.25) is 0 Å². The molecule has 10 heteroatoms. The van der Waals surface area contributed by atoms with Gasteiger partial charge in [0.1, 0.15) is 12.1 Å². The molecule has 0 aliphatic carbocycles. The monoisotopic (exact) mass is 534 g/mol. The predicted molar refractivity (Wildman–Crippen MR) is 147 cm³/mol. The van der Waals surface area contributed by atoms with E-state index in [1.807, 2.05) is 35.2 Å². The van der Waals surface area contributed by atoms with Gasteiger partial charge in [-0.15, -0.1) is 10.2 Å². The minimum atomic E-state index is -2.89. The Morgan fingerprint density at radius 3 is 2.39 bits per heavy atom. The number of thioether (sulfide) groups is 1. The van der Waals surface area contributed by atoms with E-state index < -0.39 is 5.92 Å². The first-order chi connectivity index (χ1) is 18.2. The molecule has 1 aliphatic rings. The van der Waals surface area contributed by atoms with Crippen LogP contribution in [0.15, 0.2) is 83.3 Å². The average Bonchev–Trinajstić information content (AvgIpc) is 3.36. The zero-order valence-electron chi connectivity index (χ0n) is 21.0. The predicted octanol–water partition coefficient (Wildman–Crippen LogP) is 7.21. The zero-order valence-corrected chi connectivity index (χ0v) is 21.8. The molecule has 0 unspecified atom stereocenters. The lowest BCUT2D eigenvalue weighted by Crippen LogP contribution is -2.39. The molecule has 0 spiro atoms. The molecule has 194 valence electrons. The van der Waals surface area contributed by atoms with Crippen LogP contribution in [-0.4, -0.2) is 32.0 Å². The van der Waals surface area contributed by atoms with Gasteiger partial charge in [-0.25, -0.2) is 22.8 Å². The lowest BCUT2D eigenvalue weighted by atomic mass is 10.0.